The van der Waals surface area contributed by atoms with Gasteiger partial charge in [0.05, 0.1) is 0 Å². The molecule has 0 aromatic heterocycles. The molecule has 0 bridgehead atoms. The molecule has 2 aromatic rings. The van der Waals surface area contributed by atoms with Crippen LogP contribution in [0.15, 0.2) is 36.4 Å². The van der Waals surface area contributed by atoms with Crippen LogP contribution >= 0.6 is 11.6 Å². The number of nitrogens with one attached hydrogen (secondary N) is 1. The van der Waals surface area contributed by atoms with Gasteiger partial charge < -0.3 is 5.32 Å². The highest BCUT2D eigenvalue weighted by Gasteiger charge is 2.12. The zero-order valence-electron chi connectivity index (χ0n) is 14.2. The summed E-state index contributed by atoms with van der Waals surface area (Å²) in [5.41, 5.74) is 5.38. The molecule has 1 amide bonds. The Hall–Kier alpha value is -1.80. The van der Waals surface area contributed by atoms with Gasteiger partial charge in [-0.1, -0.05) is 55.8 Å². The van der Waals surface area contributed by atoms with Gasteiger partial charge in [0.1, 0.15) is 0 Å². The maximum Gasteiger partial charge on any atom is 0.224 e. The lowest BCUT2D eigenvalue weighted by molar-refractivity contribution is -0.116. The van der Waals surface area contributed by atoms with Gasteiger partial charge in [0.25, 0.3) is 0 Å². The molecule has 0 spiro atoms. The molecular formula is C20H24ClNO. The third kappa shape index (κ3) is 4.59. The standard InChI is InChI=1S/C20H24ClNO/c1-13(2)17-7-5-6-15(4)20(17)22-19(23)11-10-16-9-8-14(3)18(21)12-16/h5-9,12-13H,10-11H2,1-4H3,(H,22,23). The summed E-state index contributed by atoms with van der Waals surface area (Å²) >= 11 is 6.13. The van der Waals surface area contributed by atoms with Crippen molar-refractivity contribution in [3.63, 3.8) is 0 Å². The van der Waals surface area contributed by atoms with Crippen LogP contribution in [0.25, 0.3) is 0 Å². The van der Waals surface area contributed by atoms with Crippen LogP contribution in [0, 0.1) is 13.8 Å². The predicted molar refractivity (Wildman–Crippen MR) is 98.4 cm³/mol. The van der Waals surface area contributed by atoms with E-state index in [0.29, 0.717) is 18.8 Å². The van der Waals surface area contributed by atoms with Crippen molar-refractivity contribution < 1.29 is 4.79 Å². The fourth-order valence-electron chi connectivity index (χ4n) is 2.59. The largest absolute Gasteiger partial charge is 0.326 e. The number of halogens is 1. The van der Waals surface area contributed by atoms with E-state index in [1.165, 1.54) is 5.56 Å². The Bertz CT molecular complexity index is 707. The van der Waals surface area contributed by atoms with Gasteiger partial charge in [-0.15, -0.1) is 0 Å². The second-order valence-corrected chi connectivity index (χ2v) is 6.73. The molecule has 2 nitrogen and oxygen atoms in total. The number of para-hydroxylation sites is 1. The normalized spacial score (nSPS) is 10.9. The van der Waals surface area contributed by atoms with Crippen molar-refractivity contribution in [1.29, 1.82) is 0 Å². The Morgan fingerprint density at radius 1 is 1.13 bits per heavy atom. The Balaban J connectivity index is 2.04. The van der Waals surface area contributed by atoms with Crippen LogP contribution in [0.4, 0.5) is 5.69 Å². The SMILES string of the molecule is Cc1ccc(CCC(=O)Nc2c(C)cccc2C(C)C)cc1Cl. The molecule has 122 valence electrons. The summed E-state index contributed by atoms with van der Waals surface area (Å²) in [6.07, 6.45) is 1.14. The van der Waals surface area contributed by atoms with Gasteiger partial charge in [-0.3, -0.25) is 4.79 Å². The summed E-state index contributed by atoms with van der Waals surface area (Å²) in [6, 6.07) is 12.1. The molecular weight excluding hydrogens is 306 g/mol. The third-order valence-corrected chi connectivity index (χ3v) is 4.48. The van der Waals surface area contributed by atoms with Gasteiger partial charge in [-0.2, -0.15) is 0 Å². The number of carbonyl (C=O) groups excluding carboxylic acids is 1. The Morgan fingerprint density at radius 2 is 1.87 bits per heavy atom. The van der Waals surface area contributed by atoms with Crippen molar-refractivity contribution in [1.82, 2.24) is 0 Å². The first kappa shape index (κ1) is 17.6. The molecule has 0 fully saturated rings. The van der Waals surface area contributed by atoms with E-state index in [4.69, 9.17) is 11.6 Å². The van der Waals surface area contributed by atoms with E-state index in [1.54, 1.807) is 0 Å². The molecule has 0 atom stereocenters. The lowest BCUT2D eigenvalue weighted by Gasteiger charge is -2.16. The van der Waals surface area contributed by atoms with Gasteiger partial charge >= 0.3 is 0 Å². The van der Waals surface area contributed by atoms with Crippen LogP contribution in [-0.4, -0.2) is 5.91 Å². The molecule has 0 saturated heterocycles. The molecule has 0 radical (unpaired) electrons. The van der Waals surface area contributed by atoms with Crippen molar-refractivity contribution in [2.45, 2.75) is 46.5 Å². The summed E-state index contributed by atoms with van der Waals surface area (Å²) in [5, 5.41) is 3.84. The van der Waals surface area contributed by atoms with Crippen LogP contribution in [0.1, 0.15) is 48.4 Å². The number of hydrogen-bond donors (Lipinski definition) is 1. The van der Waals surface area contributed by atoms with Gasteiger partial charge in [0.15, 0.2) is 0 Å². The second-order valence-electron chi connectivity index (χ2n) is 6.33. The average molecular weight is 330 g/mol. The minimum absolute atomic E-state index is 0.0397. The maximum absolute atomic E-state index is 12.3. The van der Waals surface area contributed by atoms with E-state index in [9.17, 15) is 4.79 Å². The van der Waals surface area contributed by atoms with Crippen molar-refractivity contribution in [2.75, 3.05) is 5.32 Å². The van der Waals surface area contributed by atoms with Crippen LogP contribution in [0.5, 0.6) is 0 Å². The monoisotopic (exact) mass is 329 g/mol. The number of rotatable bonds is 5. The first-order valence-corrected chi connectivity index (χ1v) is 8.40. The Morgan fingerprint density at radius 3 is 2.52 bits per heavy atom. The Kier molecular flexibility index (Phi) is 5.84. The number of aryl methyl sites for hydroxylation is 3. The van der Waals surface area contributed by atoms with Crippen molar-refractivity contribution >= 4 is 23.2 Å². The van der Waals surface area contributed by atoms with Gasteiger partial charge in [0.2, 0.25) is 5.91 Å². The van der Waals surface area contributed by atoms with Crippen molar-refractivity contribution in [3.05, 3.63) is 63.7 Å². The molecule has 2 aromatic carbocycles. The van der Waals surface area contributed by atoms with E-state index in [2.05, 4.69) is 25.2 Å². The van der Waals surface area contributed by atoms with Crippen molar-refractivity contribution in [3.8, 4) is 0 Å². The molecule has 23 heavy (non-hydrogen) atoms. The maximum atomic E-state index is 12.3. The fourth-order valence-corrected chi connectivity index (χ4v) is 2.80. The summed E-state index contributed by atoms with van der Waals surface area (Å²) < 4.78 is 0. The van der Waals surface area contributed by atoms with Gasteiger partial charge in [0, 0.05) is 17.1 Å². The predicted octanol–water partition coefficient (Wildman–Crippen LogP) is 5.65. The topological polar surface area (TPSA) is 29.1 Å². The third-order valence-electron chi connectivity index (χ3n) is 4.07. The quantitative estimate of drug-likeness (QED) is 0.754. The van der Waals surface area contributed by atoms with E-state index in [-0.39, 0.29) is 5.91 Å². The van der Waals surface area contributed by atoms with E-state index >= 15 is 0 Å². The van der Waals surface area contributed by atoms with Crippen LogP contribution in [0.3, 0.4) is 0 Å². The zero-order valence-corrected chi connectivity index (χ0v) is 15.0. The molecule has 3 heteroatoms. The van der Waals surface area contributed by atoms with E-state index < -0.39 is 0 Å². The number of benzene rings is 2. The minimum atomic E-state index is 0.0397. The number of hydrogen-bond acceptors (Lipinski definition) is 1. The van der Waals surface area contributed by atoms with Gasteiger partial charge in [-0.05, 0) is 54.5 Å². The molecule has 0 unspecified atom stereocenters. The van der Waals surface area contributed by atoms with Gasteiger partial charge in [-0.25, -0.2) is 0 Å². The lowest BCUT2D eigenvalue weighted by Crippen LogP contribution is -2.15. The molecule has 2 rings (SSSR count). The smallest absolute Gasteiger partial charge is 0.224 e. The highest BCUT2D eigenvalue weighted by molar-refractivity contribution is 6.31. The first-order chi connectivity index (χ1) is 10.9. The summed E-state index contributed by atoms with van der Waals surface area (Å²) in [7, 11) is 0. The minimum Gasteiger partial charge on any atom is -0.326 e. The fraction of sp³-hybridized carbons (Fsp3) is 0.350. The Labute approximate surface area is 143 Å². The second kappa shape index (κ2) is 7.65. The summed E-state index contributed by atoms with van der Waals surface area (Å²) in [5.74, 6) is 0.416. The van der Waals surface area contributed by atoms with E-state index in [1.807, 2.05) is 44.2 Å². The van der Waals surface area contributed by atoms with Crippen LogP contribution in [0.2, 0.25) is 5.02 Å². The number of carbonyl (C=O) groups is 1. The van der Waals surface area contributed by atoms with E-state index in [0.717, 1.165) is 27.4 Å². The molecule has 0 aliphatic rings. The zero-order chi connectivity index (χ0) is 17.0. The first-order valence-electron chi connectivity index (χ1n) is 8.03. The molecule has 1 N–H and O–H groups in total. The average Bonchev–Trinajstić information content (AvgIpc) is 2.50. The molecule has 0 saturated carbocycles. The highest BCUT2D eigenvalue weighted by Crippen LogP contribution is 2.27. The molecule has 0 heterocycles. The van der Waals surface area contributed by atoms with Crippen LogP contribution < -0.4 is 5.32 Å². The molecule has 0 aliphatic carbocycles. The number of anilines is 1. The molecule has 0 aliphatic heterocycles. The highest BCUT2D eigenvalue weighted by atomic mass is 35.5. The number of amides is 1. The summed E-state index contributed by atoms with van der Waals surface area (Å²) in [6.45, 7) is 8.28. The lowest BCUT2D eigenvalue weighted by atomic mass is 9.98. The van der Waals surface area contributed by atoms with Crippen molar-refractivity contribution in [2.24, 2.45) is 0 Å². The van der Waals surface area contributed by atoms with Crippen LogP contribution in [-0.2, 0) is 11.2 Å². The summed E-state index contributed by atoms with van der Waals surface area (Å²) in [4.78, 5) is 12.3.